The second-order valence-electron chi connectivity index (χ2n) is 0.600. The molecule has 7 heteroatoms. The van der Waals surface area contributed by atoms with Gasteiger partial charge < -0.3 is 23.5 Å². The Morgan fingerprint density at radius 3 is 1.00 bits per heavy atom. The maximum absolute atomic E-state index is 7.33. The number of hydrogen-bond donors (Lipinski definition) is 4. The molecule has 0 saturated heterocycles. The summed E-state index contributed by atoms with van der Waals surface area (Å²) in [7, 11) is -4.61. The minimum Gasteiger partial charge on any atom is -1.00 e. The summed E-state index contributed by atoms with van der Waals surface area (Å²) in [5, 5.41) is 0. The van der Waals surface area contributed by atoms with E-state index >= 15 is 0 Å². The van der Waals surface area contributed by atoms with Gasteiger partial charge in [-0.15, -0.1) is 0 Å². The van der Waals surface area contributed by atoms with E-state index in [4.69, 9.17) is 19.2 Å². The first-order valence-corrected chi connectivity index (χ1v) is 2.68. The van der Waals surface area contributed by atoms with Gasteiger partial charge in [-0.3, -0.25) is 0 Å². The summed E-state index contributed by atoms with van der Waals surface area (Å²) in [6, 6.07) is 0. The first-order chi connectivity index (χ1) is 2.00. The minimum atomic E-state index is -4.61. The topological polar surface area (TPSA) is 80.9 Å². The van der Waals surface area contributed by atoms with Gasteiger partial charge in [0.25, 0.3) is 0 Å². The van der Waals surface area contributed by atoms with Crippen molar-refractivity contribution in [1.82, 2.24) is 0 Å². The predicted octanol–water partition coefficient (Wildman–Crippen LogP) is -5.65. The van der Waals surface area contributed by atoms with Gasteiger partial charge in [0.2, 0.25) is 0 Å². The molecule has 7 heavy (non-hydrogen) atoms. The van der Waals surface area contributed by atoms with E-state index in [2.05, 4.69) is 0 Å². The monoisotopic (exact) mass is 131 g/mol. The molecule has 0 bridgehead atoms. The van der Waals surface area contributed by atoms with Gasteiger partial charge >= 0.3 is 48.7 Å². The van der Waals surface area contributed by atoms with Crippen molar-refractivity contribution in [2.24, 2.45) is 0 Å². The maximum Gasteiger partial charge on any atom is 2.00 e. The normalized spacial score (nSPS) is 8.57. The molecule has 0 atom stereocenters. The van der Waals surface area contributed by atoms with Gasteiger partial charge in [0.05, 0.1) is 0 Å². The molecule has 0 aliphatic carbocycles. The molecule has 0 rings (SSSR count). The van der Waals surface area contributed by atoms with E-state index in [1.165, 1.54) is 0 Å². The van der Waals surface area contributed by atoms with Crippen molar-refractivity contribution in [3.63, 3.8) is 0 Å². The zero-order valence-corrected chi connectivity index (χ0v) is 7.00. The molecule has 0 heterocycles. The zero-order valence-electron chi connectivity index (χ0n) is 7.00. The average molecular weight is 131 g/mol. The molecule has 0 fully saturated rings. The van der Waals surface area contributed by atoms with E-state index in [1.54, 1.807) is 0 Å². The Kier molecular flexibility index (Phi) is 12.1. The third kappa shape index (κ3) is 131. The largest absolute Gasteiger partial charge is 2.00 e. The van der Waals surface area contributed by atoms with E-state index in [0.717, 1.165) is 0 Å². The SMILES string of the molecule is O[Si](O)(O)O.[Be+2].[H-].[H-].[H-].[Na+]. The molecular formula is H7BeNaO4Si. The molecule has 0 unspecified atom stereocenters. The molecule has 0 aromatic carbocycles. The molecule has 0 amide bonds. The standard InChI is InChI=1S/Be.Na.H4O4Si.3H/c;;1-5(2,3)4;;;/h;;1-4H;;;/q+2;+1;;3*-1. The van der Waals surface area contributed by atoms with Crippen molar-refractivity contribution in [3.05, 3.63) is 0 Å². The van der Waals surface area contributed by atoms with Crippen molar-refractivity contribution in [2.75, 3.05) is 0 Å². The van der Waals surface area contributed by atoms with Crippen LogP contribution >= 0.6 is 0 Å². The van der Waals surface area contributed by atoms with E-state index in [9.17, 15) is 0 Å². The minimum absolute atomic E-state index is 0. The van der Waals surface area contributed by atoms with Crippen LogP contribution in [0.3, 0.4) is 0 Å². The molecule has 0 aliphatic rings. The van der Waals surface area contributed by atoms with E-state index in [-0.39, 0.29) is 44.0 Å². The van der Waals surface area contributed by atoms with Crippen LogP contribution in [0, 0.1) is 0 Å². The number of hydrogen-bond acceptors (Lipinski definition) is 4. The summed E-state index contributed by atoms with van der Waals surface area (Å²) in [6.45, 7) is 0. The first kappa shape index (κ1) is 15.7. The van der Waals surface area contributed by atoms with Gasteiger partial charge in [-0.05, 0) is 0 Å². The van der Waals surface area contributed by atoms with Crippen LogP contribution in [0.4, 0.5) is 0 Å². The summed E-state index contributed by atoms with van der Waals surface area (Å²) in [5.41, 5.74) is 0. The maximum atomic E-state index is 7.33. The fourth-order valence-electron chi connectivity index (χ4n) is 0. The van der Waals surface area contributed by atoms with E-state index < -0.39 is 9.05 Å². The molecule has 4 nitrogen and oxygen atoms in total. The Hall–Kier alpha value is 1.23. The Balaban J connectivity index is -0.00000000800. The van der Waals surface area contributed by atoms with E-state index in [0.29, 0.717) is 0 Å². The predicted molar refractivity (Wildman–Crippen MR) is 23.7 cm³/mol. The molecule has 0 aliphatic heterocycles. The van der Waals surface area contributed by atoms with Crippen molar-refractivity contribution in [2.45, 2.75) is 0 Å². The first-order valence-electron chi connectivity index (χ1n) is 0.894. The smallest absolute Gasteiger partial charge is 1.00 e. The Labute approximate surface area is 72.3 Å². The van der Waals surface area contributed by atoms with Crippen molar-refractivity contribution in [1.29, 1.82) is 0 Å². The van der Waals surface area contributed by atoms with Crippen LogP contribution in [0.15, 0.2) is 0 Å². The zero-order chi connectivity index (χ0) is 4.50. The van der Waals surface area contributed by atoms with Crippen LogP contribution < -0.4 is 29.6 Å². The quantitative estimate of drug-likeness (QED) is 0.247. The van der Waals surface area contributed by atoms with Crippen LogP contribution in [0.25, 0.3) is 0 Å². The summed E-state index contributed by atoms with van der Waals surface area (Å²) in [6.07, 6.45) is 0. The number of rotatable bonds is 0. The second-order valence-corrected chi connectivity index (χ2v) is 1.80. The van der Waals surface area contributed by atoms with Crippen LogP contribution in [-0.2, 0) is 0 Å². The molecule has 0 spiro atoms. The average Bonchev–Trinajstić information content (AvgIpc) is 0.722. The summed E-state index contributed by atoms with van der Waals surface area (Å²) in [4.78, 5) is 29.3. The van der Waals surface area contributed by atoms with Gasteiger partial charge in [-0.1, -0.05) is 0 Å². The Bertz CT molecular complexity index is 36.0. The van der Waals surface area contributed by atoms with Crippen molar-refractivity contribution >= 4 is 19.2 Å². The van der Waals surface area contributed by atoms with Crippen LogP contribution in [0.2, 0.25) is 0 Å². The van der Waals surface area contributed by atoms with Crippen LogP contribution in [-0.4, -0.2) is 38.4 Å². The molecule has 4 N–H and O–H groups in total. The fraction of sp³-hybridized carbons (Fsp3) is 0. The molecule has 0 aromatic heterocycles. The van der Waals surface area contributed by atoms with Gasteiger partial charge in [0, 0.05) is 0 Å². The molecular weight excluding hydrogens is 124 g/mol. The molecule has 0 aromatic rings. The van der Waals surface area contributed by atoms with Crippen LogP contribution in [0.5, 0.6) is 0 Å². The summed E-state index contributed by atoms with van der Waals surface area (Å²) >= 11 is 0. The Morgan fingerprint density at radius 1 is 1.00 bits per heavy atom. The summed E-state index contributed by atoms with van der Waals surface area (Å²) in [5.74, 6) is 0. The fourth-order valence-corrected chi connectivity index (χ4v) is 0. The second kappa shape index (κ2) is 5.36. The van der Waals surface area contributed by atoms with E-state index in [1.807, 2.05) is 0 Å². The van der Waals surface area contributed by atoms with Gasteiger partial charge in [-0.2, -0.15) is 0 Å². The third-order valence-corrected chi connectivity index (χ3v) is 0. The van der Waals surface area contributed by atoms with Crippen LogP contribution in [0.1, 0.15) is 4.28 Å². The molecule has 38 valence electrons. The summed E-state index contributed by atoms with van der Waals surface area (Å²) < 4.78 is 0. The molecule has 0 saturated carbocycles. The van der Waals surface area contributed by atoms with Gasteiger partial charge in [-0.25, -0.2) is 0 Å². The molecule has 0 radical (unpaired) electrons. The Morgan fingerprint density at radius 2 is 1.00 bits per heavy atom. The van der Waals surface area contributed by atoms with Gasteiger partial charge in [0.15, 0.2) is 0 Å². The van der Waals surface area contributed by atoms with Gasteiger partial charge in [0.1, 0.15) is 0 Å². The van der Waals surface area contributed by atoms with Crippen molar-refractivity contribution in [3.8, 4) is 0 Å². The third-order valence-electron chi connectivity index (χ3n) is 0. The van der Waals surface area contributed by atoms with Crippen molar-refractivity contribution < 1.29 is 53.0 Å².